The van der Waals surface area contributed by atoms with Crippen molar-refractivity contribution in [3.63, 3.8) is 0 Å². The van der Waals surface area contributed by atoms with Crippen LogP contribution in [0.3, 0.4) is 0 Å². The average Bonchev–Trinajstić information content (AvgIpc) is 2.95. The fourth-order valence-electron chi connectivity index (χ4n) is 1.75. The van der Waals surface area contributed by atoms with Gasteiger partial charge in [0.2, 0.25) is 0 Å². The second kappa shape index (κ2) is 6.29. The molecule has 1 N–H and O–H groups in total. The highest BCUT2D eigenvalue weighted by atomic mass is 32.2. The van der Waals surface area contributed by atoms with Gasteiger partial charge in [-0.3, -0.25) is 5.10 Å². The van der Waals surface area contributed by atoms with Crippen molar-refractivity contribution in [3.05, 3.63) is 66.0 Å². The van der Waals surface area contributed by atoms with Crippen LogP contribution in [-0.2, 0) is 12.2 Å². The van der Waals surface area contributed by atoms with Gasteiger partial charge in [-0.25, -0.2) is 15.0 Å². The molecule has 3 aromatic rings. The predicted molar refractivity (Wildman–Crippen MR) is 77.2 cm³/mol. The quantitative estimate of drug-likeness (QED) is 0.575. The molecular weight excluding hydrogens is 270 g/mol. The lowest BCUT2D eigenvalue weighted by molar-refractivity contribution is 0.956. The Bertz CT molecular complexity index is 654. The summed E-state index contributed by atoms with van der Waals surface area (Å²) >= 11 is 1.54. The molecule has 0 radical (unpaired) electrons. The van der Waals surface area contributed by atoms with Crippen molar-refractivity contribution in [2.45, 2.75) is 17.3 Å². The molecular formula is C14H13N5S. The van der Waals surface area contributed by atoms with Gasteiger partial charge in [0, 0.05) is 18.8 Å². The van der Waals surface area contributed by atoms with Gasteiger partial charge in [-0.1, -0.05) is 42.1 Å². The smallest absolute Gasteiger partial charge is 0.187 e. The van der Waals surface area contributed by atoms with Crippen LogP contribution in [0.2, 0.25) is 0 Å². The number of hydrogen-bond donors (Lipinski definition) is 1. The molecule has 20 heavy (non-hydrogen) atoms. The SMILES string of the molecule is c1ccc(Cc2n[nH]c(CSc3ncccn3)n2)cc1. The normalized spacial score (nSPS) is 10.6. The molecule has 0 unspecified atom stereocenters. The summed E-state index contributed by atoms with van der Waals surface area (Å²) in [5.74, 6) is 2.33. The first-order valence-corrected chi connectivity index (χ1v) is 7.22. The molecule has 1 aromatic carbocycles. The lowest BCUT2D eigenvalue weighted by atomic mass is 10.1. The van der Waals surface area contributed by atoms with E-state index in [0.717, 1.165) is 23.2 Å². The summed E-state index contributed by atoms with van der Waals surface area (Å²) in [6.07, 6.45) is 4.21. The summed E-state index contributed by atoms with van der Waals surface area (Å²) < 4.78 is 0. The third-order valence-corrected chi connectivity index (χ3v) is 3.55. The Morgan fingerprint density at radius 1 is 1.00 bits per heavy atom. The standard InChI is InChI=1S/C14H13N5S/c1-2-5-11(6-3-1)9-12-17-13(19-18-12)10-20-14-15-7-4-8-16-14/h1-8H,9-10H2,(H,17,18,19). The molecule has 2 aromatic heterocycles. The van der Waals surface area contributed by atoms with E-state index in [9.17, 15) is 0 Å². The highest BCUT2D eigenvalue weighted by molar-refractivity contribution is 7.98. The molecule has 0 amide bonds. The van der Waals surface area contributed by atoms with Crippen LogP contribution in [0.15, 0.2) is 53.9 Å². The third kappa shape index (κ3) is 3.42. The maximum Gasteiger partial charge on any atom is 0.187 e. The Labute approximate surface area is 120 Å². The van der Waals surface area contributed by atoms with Gasteiger partial charge in [-0.2, -0.15) is 5.10 Å². The number of benzene rings is 1. The van der Waals surface area contributed by atoms with Crippen molar-refractivity contribution >= 4 is 11.8 Å². The van der Waals surface area contributed by atoms with E-state index < -0.39 is 0 Å². The number of aromatic amines is 1. The molecule has 100 valence electrons. The fourth-order valence-corrected chi connectivity index (χ4v) is 2.42. The Balaban J connectivity index is 1.60. The van der Waals surface area contributed by atoms with Gasteiger partial charge in [0.05, 0.1) is 5.75 Å². The molecule has 0 aliphatic heterocycles. The molecule has 0 saturated heterocycles. The summed E-state index contributed by atoms with van der Waals surface area (Å²) in [6, 6.07) is 12.0. The minimum atomic E-state index is 0.686. The van der Waals surface area contributed by atoms with Crippen LogP contribution in [0.4, 0.5) is 0 Å². The largest absolute Gasteiger partial charge is 0.262 e. The number of rotatable bonds is 5. The van der Waals surface area contributed by atoms with E-state index in [0.29, 0.717) is 5.75 Å². The number of H-pyrrole nitrogens is 1. The highest BCUT2D eigenvalue weighted by Gasteiger charge is 2.05. The van der Waals surface area contributed by atoms with Crippen molar-refractivity contribution in [1.82, 2.24) is 25.1 Å². The first kappa shape index (κ1) is 12.8. The van der Waals surface area contributed by atoms with Gasteiger partial charge in [0.25, 0.3) is 0 Å². The average molecular weight is 283 g/mol. The van der Waals surface area contributed by atoms with Gasteiger partial charge in [0.1, 0.15) is 5.82 Å². The second-order valence-electron chi connectivity index (χ2n) is 4.18. The maximum absolute atomic E-state index is 4.48. The number of nitrogens with zero attached hydrogens (tertiary/aromatic N) is 4. The van der Waals surface area contributed by atoms with E-state index in [1.165, 1.54) is 17.3 Å². The summed E-state index contributed by atoms with van der Waals surface area (Å²) in [5.41, 5.74) is 1.21. The zero-order chi connectivity index (χ0) is 13.6. The highest BCUT2D eigenvalue weighted by Crippen LogP contribution is 2.16. The molecule has 0 fully saturated rings. The van der Waals surface area contributed by atoms with Crippen molar-refractivity contribution in [2.75, 3.05) is 0 Å². The maximum atomic E-state index is 4.48. The summed E-state index contributed by atoms with van der Waals surface area (Å²) in [7, 11) is 0. The van der Waals surface area contributed by atoms with E-state index in [1.807, 2.05) is 18.2 Å². The van der Waals surface area contributed by atoms with E-state index in [1.54, 1.807) is 18.5 Å². The van der Waals surface area contributed by atoms with Gasteiger partial charge in [-0.15, -0.1) is 0 Å². The van der Waals surface area contributed by atoms with Crippen molar-refractivity contribution in [2.24, 2.45) is 0 Å². The van der Waals surface area contributed by atoms with Gasteiger partial charge < -0.3 is 0 Å². The molecule has 0 atom stereocenters. The van der Waals surface area contributed by atoms with Crippen LogP contribution in [0.1, 0.15) is 17.2 Å². The minimum absolute atomic E-state index is 0.686. The van der Waals surface area contributed by atoms with Crippen molar-refractivity contribution in [3.8, 4) is 0 Å². The van der Waals surface area contributed by atoms with E-state index >= 15 is 0 Å². The Kier molecular flexibility index (Phi) is 4.03. The second-order valence-corrected chi connectivity index (χ2v) is 5.12. The number of aromatic nitrogens is 5. The molecule has 0 saturated carbocycles. The van der Waals surface area contributed by atoms with Crippen molar-refractivity contribution < 1.29 is 0 Å². The molecule has 5 nitrogen and oxygen atoms in total. The zero-order valence-corrected chi connectivity index (χ0v) is 11.5. The van der Waals surface area contributed by atoms with Crippen LogP contribution >= 0.6 is 11.8 Å². The lowest BCUT2D eigenvalue weighted by Gasteiger charge is -1.96. The first-order chi connectivity index (χ1) is 9.90. The zero-order valence-electron chi connectivity index (χ0n) is 10.7. The predicted octanol–water partition coefficient (Wildman–Crippen LogP) is 2.48. The van der Waals surface area contributed by atoms with E-state index in [2.05, 4.69) is 37.3 Å². The molecule has 3 rings (SSSR count). The molecule has 0 bridgehead atoms. The van der Waals surface area contributed by atoms with Crippen LogP contribution in [0, 0.1) is 0 Å². The number of thioether (sulfide) groups is 1. The van der Waals surface area contributed by atoms with E-state index in [-0.39, 0.29) is 0 Å². The van der Waals surface area contributed by atoms with Crippen LogP contribution < -0.4 is 0 Å². The monoisotopic (exact) mass is 283 g/mol. The molecule has 2 heterocycles. The van der Waals surface area contributed by atoms with Crippen LogP contribution in [-0.4, -0.2) is 25.1 Å². The Morgan fingerprint density at radius 2 is 1.80 bits per heavy atom. The van der Waals surface area contributed by atoms with Gasteiger partial charge >= 0.3 is 0 Å². The Morgan fingerprint density at radius 3 is 2.60 bits per heavy atom. The van der Waals surface area contributed by atoms with Crippen molar-refractivity contribution in [1.29, 1.82) is 0 Å². The Hall–Kier alpha value is -2.21. The summed E-state index contributed by atoms with van der Waals surface area (Å²) in [6.45, 7) is 0. The lowest BCUT2D eigenvalue weighted by Crippen LogP contribution is -1.91. The van der Waals surface area contributed by atoms with E-state index in [4.69, 9.17) is 0 Å². The molecule has 0 aliphatic carbocycles. The topological polar surface area (TPSA) is 67.3 Å². The minimum Gasteiger partial charge on any atom is -0.262 e. The number of hydrogen-bond acceptors (Lipinski definition) is 5. The third-order valence-electron chi connectivity index (χ3n) is 2.66. The summed E-state index contributed by atoms with van der Waals surface area (Å²) in [4.78, 5) is 12.8. The number of nitrogens with one attached hydrogen (secondary N) is 1. The molecule has 0 aliphatic rings. The summed E-state index contributed by atoms with van der Waals surface area (Å²) in [5, 5.41) is 7.94. The van der Waals surface area contributed by atoms with Crippen LogP contribution in [0.5, 0.6) is 0 Å². The van der Waals surface area contributed by atoms with Gasteiger partial charge in [-0.05, 0) is 11.6 Å². The first-order valence-electron chi connectivity index (χ1n) is 6.24. The molecule has 6 heteroatoms. The van der Waals surface area contributed by atoms with Crippen LogP contribution in [0.25, 0.3) is 0 Å². The fraction of sp³-hybridized carbons (Fsp3) is 0.143. The van der Waals surface area contributed by atoms with Gasteiger partial charge in [0.15, 0.2) is 11.0 Å². The molecule has 0 spiro atoms.